The normalized spacial score (nSPS) is 17.1. The molecule has 1 aliphatic heterocycles. The molecule has 0 unspecified atom stereocenters. The van der Waals surface area contributed by atoms with E-state index in [9.17, 15) is 4.39 Å². The first-order valence-electron chi connectivity index (χ1n) is 4.39. The highest BCUT2D eigenvalue weighted by Crippen LogP contribution is 2.26. The molecule has 0 saturated carbocycles. The van der Waals surface area contributed by atoms with E-state index >= 15 is 0 Å². The Morgan fingerprint density at radius 2 is 2.23 bits per heavy atom. The molecule has 0 radical (unpaired) electrons. The molecule has 1 aliphatic rings. The molecule has 0 atom stereocenters. The molecule has 3 heteroatoms. The minimum Gasteiger partial charge on any atom is -0.314 e. The first-order valence-corrected chi connectivity index (χ1v) is 5.27. The van der Waals surface area contributed by atoms with Gasteiger partial charge >= 0.3 is 0 Å². The van der Waals surface area contributed by atoms with E-state index in [4.69, 9.17) is 0 Å². The molecule has 0 bridgehead atoms. The molecular weight excluding hydrogens is 185 g/mol. The Morgan fingerprint density at radius 1 is 1.46 bits per heavy atom. The molecule has 2 rings (SSSR count). The summed E-state index contributed by atoms with van der Waals surface area (Å²) in [5.41, 5.74) is 0.734. The second-order valence-electron chi connectivity index (χ2n) is 3.31. The Labute approximate surface area is 81.7 Å². The van der Waals surface area contributed by atoms with Crippen LogP contribution < -0.4 is 5.32 Å². The Kier molecular flexibility index (Phi) is 2.56. The van der Waals surface area contributed by atoms with Crippen LogP contribution in [0.1, 0.15) is 5.56 Å². The van der Waals surface area contributed by atoms with Crippen molar-refractivity contribution in [2.45, 2.75) is 17.1 Å². The lowest BCUT2D eigenvalue weighted by Crippen LogP contribution is -2.44. The van der Waals surface area contributed by atoms with E-state index in [2.05, 4.69) is 5.32 Å². The van der Waals surface area contributed by atoms with Gasteiger partial charge in [0.25, 0.3) is 0 Å². The zero-order valence-corrected chi connectivity index (χ0v) is 8.33. The van der Waals surface area contributed by atoms with Crippen LogP contribution >= 0.6 is 11.8 Å². The van der Waals surface area contributed by atoms with E-state index in [1.807, 2.05) is 23.9 Å². The SMILES string of the molecule is Cc1cc(SC2CNC2)ccc1F. The van der Waals surface area contributed by atoms with Gasteiger partial charge in [-0.1, -0.05) is 0 Å². The van der Waals surface area contributed by atoms with E-state index in [1.165, 1.54) is 4.90 Å². The minimum absolute atomic E-state index is 0.115. The minimum atomic E-state index is -0.115. The summed E-state index contributed by atoms with van der Waals surface area (Å²) >= 11 is 1.82. The van der Waals surface area contributed by atoms with E-state index in [0.717, 1.165) is 18.7 Å². The van der Waals surface area contributed by atoms with Crippen LogP contribution in [0.3, 0.4) is 0 Å². The van der Waals surface area contributed by atoms with Crippen LogP contribution in [0.25, 0.3) is 0 Å². The number of nitrogens with one attached hydrogen (secondary N) is 1. The maximum absolute atomic E-state index is 12.9. The van der Waals surface area contributed by atoms with E-state index in [1.54, 1.807) is 13.0 Å². The van der Waals surface area contributed by atoms with Crippen molar-refractivity contribution in [3.8, 4) is 0 Å². The number of halogens is 1. The average molecular weight is 197 g/mol. The second-order valence-corrected chi connectivity index (χ2v) is 4.68. The summed E-state index contributed by atoms with van der Waals surface area (Å²) in [6, 6.07) is 5.31. The molecule has 1 fully saturated rings. The van der Waals surface area contributed by atoms with Crippen molar-refractivity contribution in [3.05, 3.63) is 29.6 Å². The third-order valence-electron chi connectivity index (χ3n) is 2.18. The number of benzene rings is 1. The van der Waals surface area contributed by atoms with Crippen molar-refractivity contribution < 1.29 is 4.39 Å². The van der Waals surface area contributed by atoms with Crippen molar-refractivity contribution in [1.82, 2.24) is 5.32 Å². The Balaban J connectivity index is 2.07. The maximum atomic E-state index is 12.9. The van der Waals surface area contributed by atoms with E-state index in [0.29, 0.717) is 5.25 Å². The van der Waals surface area contributed by atoms with Crippen LogP contribution in [-0.4, -0.2) is 18.3 Å². The van der Waals surface area contributed by atoms with Gasteiger partial charge in [-0.2, -0.15) is 0 Å². The standard InChI is InChI=1S/C10H12FNS/c1-7-4-8(2-3-10(7)11)13-9-5-12-6-9/h2-4,9,12H,5-6H2,1H3. The van der Waals surface area contributed by atoms with Crippen LogP contribution in [0.15, 0.2) is 23.1 Å². The smallest absolute Gasteiger partial charge is 0.126 e. The topological polar surface area (TPSA) is 12.0 Å². The molecule has 1 aromatic rings. The summed E-state index contributed by atoms with van der Waals surface area (Å²) in [7, 11) is 0. The molecular formula is C10H12FNS. The van der Waals surface area contributed by atoms with E-state index in [-0.39, 0.29) is 5.82 Å². The predicted molar refractivity (Wildman–Crippen MR) is 53.7 cm³/mol. The number of rotatable bonds is 2. The summed E-state index contributed by atoms with van der Waals surface area (Å²) in [5.74, 6) is -0.115. The summed E-state index contributed by atoms with van der Waals surface area (Å²) in [5, 5.41) is 3.88. The van der Waals surface area contributed by atoms with Crippen molar-refractivity contribution in [3.63, 3.8) is 0 Å². The molecule has 0 spiro atoms. The van der Waals surface area contributed by atoms with Crippen molar-refractivity contribution in [2.75, 3.05) is 13.1 Å². The van der Waals surface area contributed by atoms with Gasteiger partial charge in [0.05, 0.1) is 0 Å². The molecule has 70 valence electrons. The van der Waals surface area contributed by atoms with Gasteiger partial charge in [0.15, 0.2) is 0 Å². The molecule has 1 saturated heterocycles. The Bertz CT molecular complexity index is 310. The fraction of sp³-hybridized carbons (Fsp3) is 0.400. The largest absolute Gasteiger partial charge is 0.314 e. The van der Waals surface area contributed by atoms with Gasteiger partial charge in [-0.25, -0.2) is 4.39 Å². The summed E-state index contributed by atoms with van der Waals surface area (Å²) in [4.78, 5) is 1.17. The van der Waals surface area contributed by atoms with Gasteiger partial charge in [-0.15, -0.1) is 11.8 Å². The van der Waals surface area contributed by atoms with Gasteiger partial charge in [-0.05, 0) is 30.7 Å². The fourth-order valence-corrected chi connectivity index (χ4v) is 2.41. The Hall–Kier alpha value is -0.540. The lowest BCUT2D eigenvalue weighted by atomic mass is 10.2. The second kappa shape index (κ2) is 3.68. The van der Waals surface area contributed by atoms with Crippen molar-refractivity contribution in [1.29, 1.82) is 0 Å². The van der Waals surface area contributed by atoms with E-state index < -0.39 is 0 Å². The molecule has 1 heterocycles. The third kappa shape index (κ3) is 2.03. The van der Waals surface area contributed by atoms with Crippen LogP contribution in [-0.2, 0) is 0 Å². The van der Waals surface area contributed by atoms with Crippen LogP contribution in [0.4, 0.5) is 4.39 Å². The van der Waals surface area contributed by atoms with Crippen LogP contribution in [0.5, 0.6) is 0 Å². The number of aryl methyl sites for hydroxylation is 1. The van der Waals surface area contributed by atoms with Gasteiger partial charge in [0.2, 0.25) is 0 Å². The quantitative estimate of drug-likeness (QED) is 0.780. The van der Waals surface area contributed by atoms with Crippen LogP contribution in [0.2, 0.25) is 0 Å². The first kappa shape index (κ1) is 9.03. The van der Waals surface area contributed by atoms with Gasteiger partial charge in [0, 0.05) is 23.2 Å². The lowest BCUT2D eigenvalue weighted by molar-refractivity contribution is 0.543. The molecule has 0 aromatic heterocycles. The fourth-order valence-electron chi connectivity index (χ4n) is 1.23. The summed E-state index contributed by atoms with van der Waals surface area (Å²) in [6.45, 7) is 3.95. The maximum Gasteiger partial charge on any atom is 0.126 e. The summed E-state index contributed by atoms with van der Waals surface area (Å²) < 4.78 is 12.9. The lowest BCUT2D eigenvalue weighted by Gasteiger charge is -2.26. The van der Waals surface area contributed by atoms with Crippen molar-refractivity contribution in [2.24, 2.45) is 0 Å². The summed E-state index contributed by atoms with van der Waals surface area (Å²) in [6.07, 6.45) is 0. The highest BCUT2D eigenvalue weighted by atomic mass is 32.2. The molecule has 1 aromatic carbocycles. The number of hydrogen-bond acceptors (Lipinski definition) is 2. The van der Waals surface area contributed by atoms with Gasteiger partial charge in [-0.3, -0.25) is 0 Å². The monoisotopic (exact) mass is 197 g/mol. The van der Waals surface area contributed by atoms with Gasteiger partial charge in [0.1, 0.15) is 5.82 Å². The third-order valence-corrected chi connectivity index (χ3v) is 3.37. The predicted octanol–water partition coefficient (Wildman–Crippen LogP) is 2.20. The zero-order chi connectivity index (χ0) is 9.26. The molecule has 1 nitrogen and oxygen atoms in total. The highest BCUT2D eigenvalue weighted by molar-refractivity contribution is 8.00. The van der Waals surface area contributed by atoms with Crippen molar-refractivity contribution >= 4 is 11.8 Å². The Morgan fingerprint density at radius 3 is 2.77 bits per heavy atom. The van der Waals surface area contributed by atoms with Crippen LogP contribution in [0, 0.1) is 12.7 Å². The number of hydrogen-bond donors (Lipinski definition) is 1. The average Bonchev–Trinajstić information content (AvgIpc) is 2.04. The van der Waals surface area contributed by atoms with Gasteiger partial charge < -0.3 is 5.32 Å². The molecule has 13 heavy (non-hydrogen) atoms. The first-order chi connectivity index (χ1) is 6.25. The molecule has 0 amide bonds. The molecule has 0 aliphatic carbocycles. The number of thioether (sulfide) groups is 1. The molecule has 1 N–H and O–H groups in total. The zero-order valence-electron chi connectivity index (χ0n) is 7.51. The highest BCUT2D eigenvalue weighted by Gasteiger charge is 2.17.